The molecule has 1 aliphatic rings. The number of hydrogen-bond acceptors (Lipinski definition) is 4. The number of halogens is 3. The number of anilines is 1. The largest absolute Gasteiger partial charge is 0.361 e. The topological polar surface area (TPSA) is 65.2 Å². The van der Waals surface area contributed by atoms with Crippen molar-refractivity contribution in [3.8, 4) is 0 Å². The Morgan fingerprint density at radius 1 is 1.19 bits per heavy atom. The summed E-state index contributed by atoms with van der Waals surface area (Å²) < 4.78 is 25.0. The fourth-order valence-electron chi connectivity index (χ4n) is 4.50. The molecule has 3 heterocycles. The summed E-state index contributed by atoms with van der Waals surface area (Å²) in [5, 5.41) is 4.64. The van der Waals surface area contributed by atoms with Crippen LogP contribution in [0.1, 0.15) is 27.7 Å². The zero-order valence-corrected chi connectivity index (χ0v) is 23.8. The summed E-state index contributed by atoms with van der Waals surface area (Å²) >= 11 is 9.41. The average Bonchev–Trinajstić information content (AvgIpc) is 3.43. The van der Waals surface area contributed by atoms with Gasteiger partial charge in [-0.15, -0.1) is 0 Å². The maximum atomic E-state index is 15.1. The van der Waals surface area contributed by atoms with Gasteiger partial charge in [-0.2, -0.15) is 5.10 Å². The molecule has 0 saturated carbocycles. The number of carbonyl (C=O) groups excluding carboxylic acids is 1. The Morgan fingerprint density at radius 3 is 2.69 bits per heavy atom. The highest BCUT2D eigenvalue weighted by Crippen LogP contribution is 2.45. The second kappa shape index (κ2) is 9.40. The van der Waals surface area contributed by atoms with E-state index in [4.69, 9.17) is 16.3 Å². The van der Waals surface area contributed by atoms with Gasteiger partial charge in [0.2, 0.25) is 0 Å². The molecular weight excluding hydrogens is 565 g/mol. The van der Waals surface area contributed by atoms with E-state index in [-0.39, 0.29) is 10.9 Å². The summed E-state index contributed by atoms with van der Waals surface area (Å²) in [5.41, 5.74) is 3.58. The zero-order chi connectivity index (χ0) is 25.8. The van der Waals surface area contributed by atoms with Gasteiger partial charge >= 0.3 is 0 Å². The quantitative estimate of drug-likeness (QED) is 0.185. The van der Waals surface area contributed by atoms with Gasteiger partial charge in [0.1, 0.15) is 23.2 Å². The van der Waals surface area contributed by atoms with E-state index in [1.807, 2.05) is 22.8 Å². The molecule has 0 aliphatic carbocycles. The number of carbonyl (C=O) groups is 1. The molecule has 1 aliphatic heterocycles. The Bertz CT molecular complexity index is 1480. The number of aryl methyl sites for hydroxylation is 1. The first kappa shape index (κ1) is 25.1. The van der Waals surface area contributed by atoms with Gasteiger partial charge in [-0.25, -0.2) is 9.37 Å². The maximum absolute atomic E-state index is 15.1. The average molecular weight is 591 g/mol. The third-order valence-corrected chi connectivity index (χ3v) is 8.86. The summed E-state index contributed by atoms with van der Waals surface area (Å²) in [4.78, 5) is 19.8. The molecule has 0 N–H and O–H groups in total. The first-order valence-electron chi connectivity index (χ1n) is 11.6. The number of fused-ring (bicyclic) bond motifs is 2. The molecule has 0 radical (unpaired) electrons. The molecule has 2 aromatic heterocycles. The van der Waals surface area contributed by atoms with Gasteiger partial charge in [0.25, 0.3) is 5.91 Å². The van der Waals surface area contributed by atoms with Crippen molar-refractivity contribution in [2.24, 2.45) is 7.05 Å². The van der Waals surface area contributed by atoms with Crippen LogP contribution in [-0.2, 0) is 18.5 Å². The van der Waals surface area contributed by atoms with Crippen molar-refractivity contribution < 1.29 is 13.9 Å². The van der Waals surface area contributed by atoms with Crippen LogP contribution in [0.5, 0.6) is 0 Å². The molecule has 0 saturated heterocycles. The number of nitrogens with zero attached hydrogens (tertiary/aromatic N) is 5. The minimum Gasteiger partial charge on any atom is -0.361 e. The smallest absolute Gasteiger partial charge is 0.263 e. The van der Waals surface area contributed by atoms with Gasteiger partial charge in [-0.1, -0.05) is 37.3 Å². The standard InChI is InChI=1S/C25H26BrClFN5O2Si/c1-31-23-21(24(26)30-31)25(34)33(22(23)17-7-5-15(27)11-18(17)28)16-6-8-20-19(12-16)29-13-32(20)14-35-9-10-36(2,3)4/h5-8,11-13,22H,9-10,14H2,1-4H3. The van der Waals surface area contributed by atoms with Crippen LogP contribution in [0.4, 0.5) is 10.1 Å². The summed E-state index contributed by atoms with van der Waals surface area (Å²) in [6.45, 7) is 8.08. The molecule has 11 heteroatoms. The second-order valence-corrected chi connectivity index (χ2v) is 17.0. The van der Waals surface area contributed by atoms with Gasteiger partial charge in [0.05, 0.1) is 28.6 Å². The molecule has 0 fully saturated rings. The number of imidazole rings is 1. The van der Waals surface area contributed by atoms with E-state index in [2.05, 4.69) is 45.7 Å². The number of hydrogen-bond donors (Lipinski definition) is 0. The molecule has 2 aromatic carbocycles. The lowest BCUT2D eigenvalue weighted by atomic mass is 10.0. The van der Waals surface area contributed by atoms with Crippen LogP contribution in [0.25, 0.3) is 11.0 Å². The van der Waals surface area contributed by atoms with Crippen molar-refractivity contribution in [1.29, 1.82) is 0 Å². The van der Waals surface area contributed by atoms with Crippen molar-refractivity contribution in [3.63, 3.8) is 0 Å². The van der Waals surface area contributed by atoms with Crippen molar-refractivity contribution in [1.82, 2.24) is 19.3 Å². The Labute approximate surface area is 223 Å². The lowest BCUT2D eigenvalue weighted by Crippen LogP contribution is -2.30. The van der Waals surface area contributed by atoms with Gasteiger partial charge in [0.15, 0.2) is 0 Å². The van der Waals surface area contributed by atoms with Crippen molar-refractivity contribution in [2.75, 3.05) is 11.5 Å². The Kier molecular flexibility index (Phi) is 6.56. The van der Waals surface area contributed by atoms with Crippen molar-refractivity contribution >= 4 is 58.2 Å². The van der Waals surface area contributed by atoms with Crippen molar-refractivity contribution in [3.05, 3.63) is 75.0 Å². The minimum absolute atomic E-state index is 0.266. The molecule has 36 heavy (non-hydrogen) atoms. The Morgan fingerprint density at radius 2 is 1.97 bits per heavy atom. The molecule has 1 amide bonds. The molecule has 7 nitrogen and oxygen atoms in total. The van der Waals surface area contributed by atoms with Crippen molar-refractivity contribution in [2.45, 2.75) is 38.5 Å². The highest BCUT2D eigenvalue weighted by atomic mass is 79.9. The number of benzene rings is 2. The van der Waals surface area contributed by atoms with E-state index in [1.165, 1.54) is 6.07 Å². The van der Waals surface area contributed by atoms with Crippen LogP contribution in [0.15, 0.2) is 47.3 Å². The third kappa shape index (κ3) is 4.51. The molecule has 1 unspecified atom stereocenters. The number of rotatable bonds is 7. The lowest BCUT2D eigenvalue weighted by Gasteiger charge is -2.27. The van der Waals surface area contributed by atoms with Crippen LogP contribution in [0, 0.1) is 5.82 Å². The molecule has 4 aromatic rings. The highest BCUT2D eigenvalue weighted by Gasteiger charge is 2.44. The van der Waals surface area contributed by atoms with Crippen LogP contribution in [-0.4, -0.2) is 39.9 Å². The van der Waals surface area contributed by atoms with Gasteiger partial charge in [0, 0.05) is 38.0 Å². The van der Waals surface area contributed by atoms with E-state index < -0.39 is 19.9 Å². The molecule has 1 atom stereocenters. The van der Waals surface area contributed by atoms with E-state index in [9.17, 15) is 4.79 Å². The number of aromatic nitrogens is 4. The Balaban J connectivity index is 1.51. The summed E-state index contributed by atoms with van der Waals surface area (Å²) in [6.07, 6.45) is 1.74. The van der Waals surface area contributed by atoms with Crippen LogP contribution in [0.2, 0.25) is 30.7 Å². The van der Waals surface area contributed by atoms with Gasteiger partial charge in [-0.3, -0.25) is 14.4 Å². The lowest BCUT2D eigenvalue weighted by molar-refractivity contribution is 0.0898. The summed E-state index contributed by atoms with van der Waals surface area (Å²) in [5.74, 6) is -0.755. The number of ether oxygens (including phenoxy) is 1. The molecule has 5 rings (SSSR count). The first-order valence-corrected chi connectivity index (χ1v) is 16.5. The van der Waals surface area contributed by atoms with Crippen LogP contribution < -0.4 is 4.90 Å². The Hall–Kier alpha value is -2.53. The fraction of sp³-hybridized carbons (Fsp3) is 0.320. The van der Waals surface area contributed by atoms with E-state index in [1.54, 1.807) is 35.1 Å². The molecule has 188 valence electrons. The summed E-state index contributed by atoms with van der Waals surface area (Å²) in [7, 11) is 0.580. The van der Waals surface area contributed by atoms with Crippen LogP contribution in [0.3, 0.4) is 0 Å². The van der Waals surface area contributed by atoms with E-state index in [0.717, 1.165) is 17.1 Å². The fourth-order valence-corrected chi connectivity index (χ4v) is 6.02. The zero-order valence-electron chi connectivity index (χ0n) is 20.4. The van der Waals surface area contributed by atoms with Gasteiger partial charge < -0.3 is 9.30 Å². The monoisotopic (exact) mass is 589 g/mol. The predicted molar refractivity (Wildman–Crippen MR) is 145 cm³/mol. The SMILES string of the molecule is Cn1nc(Br)c2c1C(c1ccc(Cl)cc1F)N(c1ccc3c(c1)ncn3COCC[Si](C)(C)C)C2=O. The molecule has 0 spiro atoms. The van der Waals surface area contributed by atoms with Gasteiger partial charge in [-0.05, 0) is 52.3 Å². The summed E-state index contributed by atoms with van der Waals surface area (Å²) in [6, 6.07) is 10.5. The second-order valence-electron chi connectivity index (χ2n) is 10.2. The third-order valence-electron chi connectivity index (χ3n) is 6.37. The minimum atomic E-state index is -1.16. The maximum Gasteiger partial charge on any atom is 0.263 e. The first-order chi connectivity index (χ1) is 17.0. The van der Waals surface area contributed by atoms with E-state index in [0.29, 0.717) is 40.4 Å². The van der Waals surface area contributed by atoms with E-state index >= 15 is 4.39 Å². The number of amides is 1. The predicted octanol–water partition coefficient (Wildman–Crippen LogP) is 6.39. The van der Waals surface area contributed by atoms with Crippen LogP contribution >= 0.6 is 27.5 Å². The highest BCUT2D eigenvalue weighted by molar-refractivity contribution is 9.10. The molecular formula is C25H26BrClFN5O2Si. The normalized spacial score (nSPS) is 15.8. The molecule has 0 bridgehead atoms.